The van der Waals surface area contributed by atoms with E-state index in [1.165, 1.54) is 24.3 Å². The first-order valence-corrected chi connectivity index (χ1v) is 6.09. The van der Waals surface area contributed by atoms with E-state index in [9.17, 15) is 18.3 Å². The van der Waals surface area contributed by atoms with E-state index in [4.69, 9.17) is 0 Å². The van der Waals surface area contributed by atoms with Crippen LogP contribution in [0, 0.1) is 6.92 Å². The molecule has 1 aromatic heterocycles. The highest BCUT2D eigenvalue weighted by molar-refractivity contribution is 5.48. The first-order valence-electron chi connectivity index (χ1n) is 6.09. The number of rotatable bonds is 4. The molecule has 2 N–H and O–H groups in total. The highest BCUT2D eigenvalue weighted by atomic mass is 19.4. The van der Waals surface area contributed by atoms with Gasteiger partial charge in [0, 0.05) is 17.4 Å². The normalized spacial score (nSPS) is 11.2. The molecule has 0 atom stereocenters. The van der Waals surface area contributed by atoms with Crippen molar-refractivity contribution < 1.29 is 23.0 Å². The molecule has 0 bridgehead atoms. The van der Waals surface area contributed by atoms with Crippen molar-refractivity contribution in [2.75, 3.05) is 5.32 Å². The zero-order valence-electron chi connectivity index (χ0n) is 11.1. The van der Waals surface area contributed by atoms with Gasteiger partial charge in [0.15, 0.2) is 0 Å². The van der Waals surface area contributed by atoms with Gasteiger partial charge in [-0.25, -0.2) is 0 Å². The number of alkyl halides is 3. The van der Waals surface area contributed by atoms with Crippen LogP contribution in [-0.4, -0.2) is 16.5 Å². The Morgan fingerprint density at radius 1 is 1.24 bits per heavy atom. The Bertz CT molecular complexity index is 630. The summed E-state index contributed by atoms with van der Waals surface area (Å²) in [4.78, 5) is 4.15. The van der Waals surface area contributed by atoms with Gasteiger partial charge in [0.2, 0.25) is 0 Å². The SMILES string of the molecule is Cc1ccc(O)c(CNc2cccc(OC(F)(F)F)c2)n1. The lowest BCUT2D eigenvalue weighted by atomic mass is 10.2. The van der Waals surface area contributed by atoms with Gasteiger partial charge in [0.05, 0.1) is 6.54 Å². The molecule has 0 saturated heterocycles. The van der Waals surface area contributed by atoms with Crippen LogP contribution in [0.1, 0.15) is 11.4 Å². The molecule has 0 fully saturated rings. The van der Waals surface area contributed by atoms with E-state index in [0.29, 0.717) is 11.4 Å². The molecule has 2 rings (SSSR count). The number of pyridine rings is 1. The van der Waals surface area contributed by atoms with Gasteiger partial charge < -0.3 is 15.2 Å². The summed E-state index contributed by atoms with van der Waals surface area (Å²) in [6.07, 6.45) is -4.73. The maximum Gasteiger partial charge on any atom is 0.573 e. The second-order valence-electron chi connectivity index (χ2n) is 4.35. The molecule has 112 valence electrons. The monoisotopic (exact) mass is 298 g/mol. The van der Waals surface area contributed by atoms with Crippen molar-refractivity contribution in [3.05, 3.63) is 47.8 Å². The number of aryl methyl sites for hydroxylation is 1. The van der Waals surface area contributed by atoms with Crippen molar-refractivity contribution in [2.45, 2.75) is 19.8 Å². The average molecular weight is 298 g/mol. The Labute approximate surface area is 119 Å². The molecule has 0 amide bonds. The maximum atomic E-state index is 12.1. The summed E-state index contributed by atoms with van der Waals surface area (Å²) < 4.78 is 40.2. The minimum Gasteiger partial charge on any atom is -0.506 e. The van der Waals surface area contributed by atoms with Crippen LogP contribution in [0.25, 0.3) is 0 Å². The zero-order valence-corrected chi connectivity index (χ0v) is 11.1. The number of anilines is 1. The van der Waals surface area contributed by atoms with Gasteiger partial charge in [0.1, 0.15) is 17.2 Å². The fourth-order valence-electron chi connectivity index (χ4n) is 1.72. The van der Waals surface area contributed by atoms with Gasteiger partial charge in [-0.2, -0.15) is 0 Å². The molecular formula is C14H13F3N2O2. The van der Waals surface area contributed by atoms with Gasteiger partial charge in [-0.05, 0) is 31.2 Å². The number of nitrogens with zero attached hydrogens (tertiary/aromatic N) is 1. The Balaban J connectivity index is 2.06. The average Bonchev–Trinajstić information content (AvgIpc) is 2.38. The summed E-state index contributed by atoms with van der Waals surface area (Å²) in [6, 6.07) is 8.64. The predicted octanol–water partition coefficient (Wildman–Crippen LogP) is 3.61. The van der Waals surface area contributed by atoms with E-state index in [1.54, 1.807) is 19.1 Å². The summed E-state index contributed by atoms with van der Waals surface area (Å²) >= 11 is 0. The van der Waals surface area contributed by atoms with Crippen LogP contribution in [0.5, 0.6) is 11.5 Å². The minimum atomic E-state index is -4.73. The summed E-state index contributed by atoms with van der Waals surface area (Å²) in [5.41, 5.74) is 1.58. The van der Waals surface area contributed by atoms with Crippen LogP contribution in [0.3, 0.4) is 0 Å². The van der Waals surface area contributed by atoms with Crippen molar-refractivity contribution in [2.24, 2.45) is 0 Å². The molecule has 0 unspecified atom stereocenters. The lowest BCUT2D eigenvalue weighted by Gasteiger charge is -2.11. The third-order valence-corrected chi connectivity index (χ3v) is 2.62. The lowest BCUT2D eigenvalue weighted by Crippen LogP contribution is -2.17. The van der Waals surface area contributed by atoms with Crippen molar-refractivity contribution in [1.82, 2.24) is 4.98 Å². The van der Waals surface area contributed by atoms with Crippen molar-refractivity contribution >= 4 is 5.69 Å². The zero-order chi connectivity index (χ0) is 15.5. The van der Waals surface area contributed by atoms with E-state index in [2.05, 4.69) is 15.0 Å². The van der Waals surface area contributed by atoms with Crippen LogP contribution in [0.15, 0.2) is 36.4 Å². The largest absolute Gasteiger partial charge is 0.573 e. The van der Waals surface area contributed by atoms with Crippen LogP contribution in [0.2, 0.25) is 0 Å². The number of hydrogen-bond donors (Lipinski definition) is 2. The third-order valence-electron chi connectivity index (χ3n) is 2.62. The van der Waals surface area contributed by atoms with Crippen molar-refractivity contribution in [3.63, 3.8) is 0 Å². The molecule has 21 heavy (non-hydrogen) atoms. The number of ether oxygens (including phenoxy) is 1. The number of benzene rings is 1. The van der Waals surface area contributed by atoms with Crippen LogP contribution in [0.4, 0.5) is 18.9 Å². The predicted molar refractivity (Wildman–Crippen MR) is 71.1 cm³/mol. The Morgan fingerprint density at radius 3 is 2.71 bits per heavy atom. The summed E-state index contributed by atoms with van der Waals surface area (Å²) in [6.45, 7) is 1.96. The van der Waals surface area contributed by atoms with E-state index in [-0.39, 0.29) is 18.0 Å². The Morgan fingerprint density at radius 2 is 2.00 bits per heavy atom. The fourth-order valence-corrected chi connectivity index (χ4v) is 1.72. The highest BCUT2D eigenvalue weighted by Gasteiger charge is 2.31. The summed E-state index contributed by atoms with van der Waals surface area (Å²) in [7, 11) is 0. The van der Waals surface area contributed by atoms with Crippen molar-refractivity contribution in [1.29, 1.82) is 0 Å². The molecule has 0 aliphatic rings. The van der Waals surface area contributed by atoms with E-state index < -0.39 is 6.36 Å². The highest BCUT2D eigenvalue weighted by Crippen LogP contribution is 2.25. The molecule has 7 heteroatoms. The van der Waals surface area contributed by atoms with Gasteiger partial charge >= 0.3 is 6.36 Å². The van der Waals surface area contributed by atoms with E-state index in [1.807, 2.05) is 0 Å². The van der Waals surface area contributed by atoms with Gasteiger partial charge in [-0.1, -0.05) is 6.07 Å². The van der Waals surface area contributed by atoms with Crippen LogP contribution < -0.4 is 10.1 Å². The lowest BCUT2D eigenvalue weighted by molar-refractivity contribution is -0.274. The fraction of sp³-hybridized carbons (Fsp3) is 0.214. The smallest absolute Gasteiger partial charge is 0.506 e. The van der Waals surface area contributed by atoms with E-state index in [0.717, 1.165) is 5.69 Å². The molecule has 0 aliphatic heterocycles. The van der Waals surface area contributed by atoms with Gasteiger partial charge in [0.25, 0.3) is 0 Å². The quantitative estimate of drug-likeness (QED) is 0.905. The molecule has 0 spiro atoms. The first-order chi connectivity index (χ1) is 9.83. The molecule has 0 aliphatic carbocycles. The molecular weight excluding hydrogens is 285 g/mol. The second kappa shape index (κ2) is 5.90. The number of aromatic hydroxyl groups is 1. The topological polar surface area (TPSA) is 54.4 Å². The van der Waals surface area contributed by atoms with Crippen LogP contribution in [-0.2, 0) is 6.54 Å². The summed E-state index contributed by atoms with van der Waals surface area (Å²) in [5.74, 6) is -0.287. The molecule has 1 aromatic carbocycles. The molecule has 0 saturated carbocycles. The number of hydrogen-bond acceptors (Lipinski definition) is 4. The second-order valence-corrected chi connectivity index (χ2v) is 4.35. The third kappa shape index (κ3) is 4.55. The Hall–Kier alpha value is -2.44. The van der Waals surface area contributed by atoms with E-state index >= 15 is 0 Å². The number of aromatic nitrogens is 1. The van der Waals surface area contributed by atoms with Gasteiger partial charge in [-0.15, -0.1) is 13.2 Å². The molecule has 0 radical (unpaired) electrons. The molecule has 1 heterocycles. The van der Waals surface area contributed by atoms with Gasteiger partial charge in [-0.3, -0.25) is 4.98 Å². The number of nitrogens with one attached hydrogen (secondary N) is 1. The summed E-state index contributed by atoms with van der Waals surface area (Å²) in [5, 5.41) is 12.5. The first kappa shape index (κ1) is 15.0. The van der Waals surface area contributed by atoms with Crippen LogP contribution >= 0.6 is 0 Å². The maximum absolute atomic E-state index is 12.1. The number of halogens is 3. The molecule has 4 nitrogen and oxygen atoms in total. The standard InChI is InChI=1S/C14H13F3N2O2/c1-9-5-6-13(20)12(19-9)8-18-10-3-2-4-11(7-10)21-14(15,16)17/h2-7,18,20H,8H2,1H3. The van der Waals surface area contributed by atoms with Crippen molar-refractivity contribution in [3.8, 4) is 11.5 Å². The molecule has 2 aromatic rings. The Kier molecular flexibility index (Phi) is 4.21. The minimum absolute atomic E-state index is 0.0239.